The number of ether oxygens (including phenoxy) is 3. The van der Waals surface area contributed by atoms with Crippen LogP contribution in [0.4, 0.5) is 10.1 Å². The van der Waals surface area contributed by atoms with Crippen LogP contribution in [0, 0.1) is 5.82 Å². The number of hydrogen-bond donors (Lipinski definition) is 2. The topological polar surface area (TPSA) is 75.8 Å². The zero-order valence-electron chi connectivity index (χ0n) is 18.5. The highest BCUT2D eigenvalue weighted by Crippen LogP contribution is 2.31. The smallest absolute Gasteiger partial charge is 0.253 e. The molecule has 1 saturated heterocycles. The second kappa shape index (κ2) is 10.2. The first-order valence-corrected chi connectivity index (χ1v) is 11.1. The lowest BCUT2D eigenvalue weighted by Gasteiger charge is -2.28. The first-order valence-electron chi connectivity index (χ1n) is 10.7. The number of nitrogens with one attached hydrogen (secondary N) is 2. The molecule has 1 aliphatic heterocycles. The van der Waals surface area contributed by atoms with Crippen molar-refractivity contribution in [3.05, 3.63) is 64.2 Å². The van der Waals surface area contributed by atoms with Crippen LogP contribution in [0.5, 0.6) is 11.5 Å². The van der Waals surface area contributed by atoms with Crippen molar-refractivity contribution in [1.82, 2.24) is 9.88 Å². The van der Waals surface area contributed by atoms with Crippen molar-refractivity contribution >= 4 is 33.9 Å². The van der Waals surface area contributed by atoms with Crippen LogP contribution in [0.1, 0.15) is 18.4 Å². The molecule has 0 spiro atoms. The number of nitrogens with zero attached hydrogens (tertiary/aromatic N) is 1. The van der Waals surface area contributed by atoms with Gasteiger partial charge in [-0.2, -0.15) is 0 Å². The number of aromatic nitrogens is 1. The molecular formula is C24H26FN3O4S. The van der Waals surface area contributed by atoms with Crippen LogP contribution >= 0.6 is 12.2 Å². The molecule has 0 amide bonds. The summed E-state index contributed by atoms with van der Waals surface area (Å²) < 4.78 is 29.8. The fourth-order valence-electron chi connectivity index (χ4n) is 3.89. The second-order valence-electron chi connectivity index (χ2n) is 7.87. The van der Waals surface area contributed by atoms with E-state index < -0.39 is 0 Å². The molecule has 33 heavy (non-hydrogen) atoms. The summed E-state index contributed by atoms with van der Waals surface area (Å²) in [7, 11) is 3.12. The normalized spacial score (nSPS) is 15.4. The molecule has 7 nitrogen and oxygen atoms in total. The van der Waals surface area contributed by atoms with Gasteiger partial charge in [-0.25, -0.2) is 4.39 Å². The van der Waals surface area contributed by atoms with E-state index in [0.29, 0.717) is 39.9 Å². The Bertz CT molecular complexity index is 1190. The van der Waals surface area contributed by atoms with Crippen LogP contribution in [0.25, 0.3) is 10.9 Å². The van der Waals surface area contributed by atoms with Crippen molar-refractivity contribution in [3.63, 3.8) is 0 Å². The van der Waals surface area contributed by atoms with Gasteiger partial charge in [-0.05, 0) is 61.5 Å². The third-order valence-corrected chi connectivity index (χ3v) is 5.98. The number of benzene rings is 2. The van der Waals surface area contributed by atoms with E-state index in [0.717, 1.165) is 24.8 Å². The maximum Gasteiger partial charge on any atom is 0.253 e. The first kappa shape index (κ1) is 23.0. The van der Waals surface area contributed by atoms with Crippen LogP contribution in [0.3, 0.4) is 0 Å². The van der Waals surface area contributed by atoms with E-state index in [1.165, 1.54) is 12.1 Å². The highest BCUT2D eigenvalue weighted by Gasteiger charge is 2.22. The van der Waals surface area contributed by atoms with E-state index in [4.69, 9.17) is 26.4 Å². The molecular weight excluding hydrogens is 445 g/mol. The number of methoxy groups -OCH3 is 2. The average molecular weight is 472 g/mol. The van der Waals surface area contributed by atoms with Crippen LogP contribution in [0.2, 0.25) is 0 Å². The molecule has 0 radical (unpaired) electrons. The van der Waals surface area contributed by atoms with Crippen molar-refractivity contribution in [1.29, 1.82) is 0 Å². The van der Waals surface area contributed by atoms with E-state index in [-0.39, 0.29) is 24.0 Å². The van der Waals surface area contributed by atoms with Crippen molar-refractivity contribution in [2.24, 2.45) is 0 Å². The third-order valence-electron chi connectivity index (χ3n) is 5.62. The first-order chi connectivity index (χ1) is 16.0. The molecule has 0 bridgehead atoms. The Balaban J connectivity index is 1.62. The van der Waals surface area contributed by atoms with Crippen molar-refractivity contribution in [3.8, 4) is 11.5 Å². The Morgan fingerprint density at radius 1 is 1.21 bits per heavy atom. The molecule has 2 aromatic carbocycles. The van der Waals surface area contributed by atoms with Gasteiger partial charge in [0, 0.05) is 35.9 Å². The van der Waals surface area contributed by atoms with E-state index in [1.54, 1.807) is 32.4 Å². The van der Waals surface area contributed by atoms with Gasteiger partial charge in [0.15, 0.2) is 16.6 Å². The van der Waals surface area contributed by atoms with E-state index in [1.807, 2.05) is 17.0 Å². The SMILES string of the molecule is COc1cc2cc(CN(CC3CCCO3)C(=S)Nc3ccc(F)cc3)c(=O)[nH]c2cc1OC. The zero-order valence-corrected chi connectivity index (χ0v) is 19.3. The summed E-state index contributed by atoms with van der Waals surface area (Å²) >= 11 is 5.65. The van der Waals surface area contributed by atoms with Gasteiger partial charge in [-0.3, -0.25) is 4.79 Å². The van der Waals surface area contributed by atoms with Crippen molar-refractivity contribution < 1.29 is 18.6 Å². The predicted octanol–water partition coefficient (Wildman–Crippen LogP) is 4.06. The predicted molar refractivity (Wildman–Crippen MR) is 130 cm³/mol. The van der Waals surface area contributed by atoms with Crippen LogP contribution in [0.15, 0.2) is 47.3 Å². The van der Waals surface area contributed by atoms with Crippen LogP contribution in [-0.4, -0.2) is 48.5 Å². The quantitative estimate of drug-likeness (QED) is 0.503. The number of thiocarbonyl (C=S) groups is 1. The minimum Gasteiger partial charge on any atom is -0.493 e. The lowest BCUT2D eigenvalue weighted by atomic mass is 10.1. The number of rotatable bonds is 7. The fraction of sp³-hybridized carbons (Fsp3) is 0.333. The number of pyridine rings is 1. The molecule has 1 unspecified atom stereocenters. The van der Waals surface area contributed by atoms with Crippen LogP contribution in [-0.2, 0) is 11.3 Å². The van der Waals surface area contributed by atoms with E-state index in [9.17, 15) is 9.18 Å². The molecule has 1 atom stereocenters. The fourth-order valence-corrected chi connectivity index (χ4v) is 4.15. The maximum absolute atomic E-state index is 13.3. The van der Waals surface area contributed by atoms with E-state index >= 15 is 0 Å². The second-order valence-corrected chi connectivity index (χ2v) is 8.26. The summed E-state index contributed by atoms with van der Waals surface area (Å²) in [5.41, 5.74) is 1.66. The molecule has 1 aliphatic rings. The summed E-state index contributed by atoms with van der Waals surface area (Å²) in [5.74, 6) is 0.795. The highest BCUT2D eigenvalue weighted by atomic mass is 32.1. The molecule has 174 valence electrons. The molecule has 1 fully saturated rings. The Hall–Kier alpha value is -3.17. The lowest BCUT2D eigenvalue weighted by Crippen LogP contribution is -2.40. The standard InChI is InChI=1S/C24H26FN3O4S/c1-30-21-11-15-10-16(23(29)27-20(15)12-22(21)31-2)13-28(14-19-4-3-9-32-19)24(33)26-18-7-5-17(25)6-8-18/h5-8,10-12,19H,3-4,9,13-14H2,1-2H3,(H,26,33)(H,27,29). The summed E-state index contributed by atoms with van der Waals surface area (Å²) in [6.45, 7) is 1.54. The Morgan fingerprint density at radius 3 is 2.61 bits per heavy atom. The van der Waals surface area contributed by atoms with Gasteiger partial charge in [0.2, 0.25) is 0 Å². The maximum atomic E-state index is 13.3. The monoisotopic (exact) mass is 471 g/mol. The Morgan fingerprint density at radius 2 is 1.94 bits per heavy atom. The largest absolute Gasteiger partial charge is 0.493 e. The number of aromatic amines is 1. The molecule has 3 aromatic rings. The minimum absolute atomic E-state index is 0.0295. The zero-order chi connectivity index (χ0) is 23.4. The van der Waals surface area contributed by atoms with Gasteiger partial charge >= 0.3 is 0 Å². The average Bonchev–Trinajstić information content (AvgIpc) is 3.33. The summed E-state index contributed by atoms with van der Waals surface area (Å²) in [6.07, 6.45) is 1.96. The molecule has 0 saturated carbocycles. The third kappa shape index (κ3) is 5.43. The van der Waals surface area contributed by atoms with E-state index in [2.05, 4.69) is 10.3 Å². The number of halogens is 1. The van der Waals surface area contributed by atoms with Crippen LogP contribution < -0.4 is 20.3 Å². The molecule has 2 N–H and O–H groups in total. The van der Waals surface area contributed by atoms with Gasteiger partial charge in [0.05, 0.1) is 32.4 Å². The molecule has 9 heteroatoms. The number of H-pyrrole nitrogens is 1. The van der Waals surface area contributed by atoms with Gasteiger partial charge in [0.1, 0.15) is 5.82 Å². The molecule has 0 aliphatic carbocycles. The van der Waals surface area contributed by atoms with Crippen molar-refractivity contribution in [2.75, 3.05) is 32.7 Å². The van der Waals surface area contributed by atoms with Gasteiger partial charge in [0.25, 0.3) is 5.56 Å². The molecule has 4 rings (SSSR count). The van der Waals surface area contributed by atoms with Gasteiger partial charge < -0.3 is 29.4 Å². The summed E-state index contributed by atoms with van der Waals surface area (Å²) in [4.78, 5) is 17.7. The number of hydrogen-bond acceptors (Lipinski definition) is 5. The van der Waals surface area contributed by atoms with Crippen molar-refractivity contribution in [2.45, 2.75) is 25.5 Å². The number of anilines is 1. The molecule has 2 heterocycles. The lowest BCUT2D eigenvalue weighted by molar-refractivity contribution is 0.0904. The number of fused-ring (bicyclic) bond motifs is 1. The summed E-state index contributed by atoms with van der Waals surface area (Å²) in [6, 6.07) is 11.4. The summed E-state index contributed by atoms with van der Waals surface area (Å²) in [5, 5.41) is 4.39. The van der Waals surface area contributed by atoms with Gasteiger partial charge in [-0.1, -0.05) is 0 Å². The molecule has 1 aromatic heterocycles. The Kier molecular flexibility index (Phi) is 7.10. The minimum atomic E-state index is -0.322. The van der Waals surface area contributed by atoms with Gasteiger partial charge in [-0.15, -0.1) is 0 Å². The Labute approximate surface area is 196 Å². The highest BCUT2D eigenvalue weighted by molar-refractivity contribution is 7.80.